The highest BCUT2D eigenvalue weighted by atomic mass is 32.2. The zero-order valence-corrected chi connectivity index (χ0v) is 9.92. The van der Waals surface area contributed by atoms with E-state index in [4.69, 9.17) is 5.26 Å². The van der Waals surface area contributed by atoms with Crippen molar-refractivity contribution in [2.24, 2.45) is 0 Å². The van der Waals surface area contributed by atoms with E-state index in [9.17, 15) is 12.6 Å². The Labute approximate surface area is 88.6 Å². The molecule has 0 radical (unpaired) electrons. The summed E-state index contributed by atoms with van der Waals surface area (Å²) in [6, 6.07) is 3.08. The first-order chi connectivity index (χ1) is 6.36. The molecule has 1 heterocycles. The molecular formula is C7H7NO3S3. The number of hydrogen-bond donors (Lipinski definition) is 0. The fourth-order valence-electron chi connectivity index (χ4n) is 0.827. The minimum atomic E-state index is -3.32. The van der Waals surface area contributed by atoms with Crippen LogP contribution in [0, 0.1) is 11.3 Å². The van der Waals surface area contributed by atoms with Crippen molar-refractivity contribution in [3.8, 4) is 6.07 Å². The molecule has 0 amide bonds. The van der Waals surface area contributed by atoms with Crippen LogP contribution in [0.2, 0.25) is 0 Å². The lowest BCUT2D eigenvalue weighted by Crippen LogP contribution is -1.92. The van der Waals surface area contributed by atoms with Crippen molar-refractivity contribution >= 4 is 32.0 Å². The van der Waals surface area contributed by atoms with Crippen LogP contribution in [0.1, 0.15) is 5.56 Å². The Kier molecular flexibility index (Phi) is 3.09. The highest BCUT2D eigenvalue weighted by Gasteiger charge is 2.17. The third-order valence-electron chi connectivity index (χ3n) is 1.42. The predicted octanol–water partition coefficient (Wildman–Crippen LogP) is 0.761. The molecule has 0 saturated carbocycles. The first kappa shape index (κ1) is 11.4. The van der Waals surface area contributed by atoms with Crippen molar-refractivity contribution < 1.29 is 12.6 Å². The lowest BCUT2D eigenvalue weighted by molar-refractivity contribution is 0.604. The molecule has 7 heteroatoms. The Bertz CT molecular complexity index is 521. The molecule has 0 aromatic carbocycles. The lowest BCUT2D eigenvalue weighted by Gasteiger charge is -1.89. The summed E-state index contributed by atoms with van der Waals surface area (Å²) in [6.45, 7) is 0. The molecule has 0 saturated heterocycles. The summed E-state index contributed by atoms with van der Waals surface area (Å²) < 4.78 is 33.8. The zero-order chi connectivity index (χ0) is 10.9. The number of thiophene rings is 1. The minimum absolute atomic E-state index is 0.0826. The molecule has 1 aromatic heterocycles. The molecule has 0 aliphatic rings. The Morgan fingerprint density at radius 3 is 2.43 bits per heavy atom. The number of hydrogen-bond acceptors (Lipinski definition) is 5. The van der Waals surface area contributed by atoms with Gasteiger partial charge in [-0.3, -0.25) is 4.21 Å². The van der Waals surface area contributed by atoms with E-state index in [1.807, 2.05) is 6.07 Å². The summed E-state index contributed by atoms with van der Waals surface area (Å²) in [5.41, 5.74) is 0.177. The van der Waals surface area contributed by atoms with Gasteiger partial charge in [-0.1, -0.05) is 0 Å². The van der Waals surface area contributed by atoms with Crippen LogP contribution in [0.5, 0.6) is 0 Å². The van der Waals surface area contributed by atoms with Crippen molar-refractivity contribution in [2.75, 3.05) is 12.5 Å². The highest BCUT2D eigenvalue weighted by Crippen LogP contribution is 2.28. The van der Waals surface area contributed by atoms with Crippen LogP contribution in [0.15, 0.2) is 14.5 Å². The average Bonchev–Trinajstić information content (AvgIpc) is 2.45. The van der Waals surface area contributed by atoms with Gasteiger partial charge in [0.05, 0.1) is 16.4 Å². The molecule has 0 bridgehead atoms. The van der Waals surface area contributed by atoms with Gasteiger partial charge in [0, 0.05) is 12.5 Å². The zero-order valence-electron chi connectivity index (χ0n) is 7.47. The molecule has 4 nitrogen and oxygen atoms in total. The number of nitrogens with zero attached hydrogens (tertiary/aromatic N) is 1. The van der Waals surface area contributed by atoms with Gasteiger partial charge in [0.15, 0.2) is 9.84 Å². The van der Waals surface area contributed by atoms with Gasteiger partial charge >= 0.3 is 0 Å². The monoisotopic (exact) mass is 249 g/mol. The molecule has 0 aliphatic carbocycles. The fourth-order valence-corrected chi connectivity index (χ4v) is 3.90. The summed E-state index contributed by atoms with van der Waals surface area (Å²) in [5.74, 6) is 0. The van der Waals surface area contributed by atoms with Gasteiger partial charge in [-0.2, -0.15) is 5.26 Å². The number of nitriles is 1. The Morgan fingerprint density at radius 1 is 1.57 bits per heavy atom. The molecule has 1 aromatic rings. The van der Waals surface area contributed by atoms with E-state index in [2.05, 4.69) is 0 Å². The first-order valence-electron chi connectivity index (χ1n) is 3.43. The second-order valence-electron chi connectivity index (χ2n) is 2.60. The number of sulfone groups is 1. The SMILES string of the molecule is CS(=O)c1sc(S(C)(=O)=O)cc1C#N. The Morgan fingerprint density at radius 2 is 2.14 bits per heavy atom. The summed E-state index contributed by atoms with van der Waals surface area (Å²) in [4.78, 5) is 0. The average molecular weight is 249 g/mol. The maximum atomic E-state index is 11.1. The Balaban J connectivity index is 3.44. The molecule has 1 unspecified atom stereocenters. The molecule has 1 rings (SSSR count). The molecule has 0 aliphatic heterocycles. The van der Waals surface area contributed by atoms with Gasteiger partial charge in [-0.25, -0.2) is 8.42 Å². The number of rotatable bonds is 2. The van der Waals surface area contributed by atoms with Crippen molar-refractivity contribution in [1.29, 1.82) is 5.26 Å². The third kappa shape index (κ3) is 2.20. The summed E-state index contributed by atoms with van der Waals surface area (Å²) in [6.07, 6.45) is 2.47. The quantitative estimate of drug-likeness (QED) is 0.775. The molecule has 0 N–H and O–H groups in total. The predicted molar refractivity (Wildman–Crippen MR) is 54.5 cm³/mol. The van der Waals surface area contributed by atoms with Crippen LogP contribution in [0.3, 0.4) is 0 Å². The van der Waals surface area contributed by atoms with Gasteiger partial charge in [-0.15, -0.1) is 11.3 Å². The summed E-state index contributed by atoms with van der Waals surface area (Å²) >= 11 is 0.889. The van der Waals surface area contributed by atoms with E-state index in [1.165, 1.54) is 12.3 Å². The topological polar surface area (TPSA) is 75.0 Å². The van der Waals surface area contributed by atoms with E-state index in [0.29, 0.717) is 4.21 Å². The summed E-state index contributed by atoms with van der Waals surface area (Å²) in [5, 5.41) is 8.67. The fraction of sp³-hybridized carbons (Fsp3) is 0.286. The summed E-state index contributed by atoms with van der Waals surface area (Å²) in [7, 11) is -4.64. The van der Waals surface area contributed by atoms with Crippen LogP contribution in [-0.2, 0) is 20.6 Å². The molecule has 0 spiro atoms. The third-order valence-corrected chi connectivity index (χ3v) is 5.85. The molecule has 0 fully saturated rings. The van der Waals surface area contributed by atoms with Crippen molar-refractivity contribution in [3.05, 3.63) is 11.6 Å². The molecular weight excluding hydrogens is 242 g/mol. The van der Waals surface area contributed by atoms with Gasteiger partial charge in [0.1, 0.15) is 14.5 Å². The highest BCUT2D eigenvalue weighted by molar-refractivity contribution is 7.93. The molecule has 1 atom stereocenters. The van der Waals surface area contributed by atoms with E-state index < -0.39 is 20.6 Å². The lowest BCUT2D eigenvalue weighted by atomic mass is 10.4. The van der Waals surface area contributed by atoms with Crippen molar-refractivity contribution in [1.82, 2.24) is 0 Å². The smallest absolute Gasteiger partial charge is 0.184 e. The second kappa shape index (κ2) is 3.81. The van der Waals surface area contributed by atoms with E-state index in [0.717, 1.165) is 17.6 Å². The molecule has 76 valence electrons. The largest absolute Gasteiger partial charge is 0.254 e. The van der Waals surface area contributed by atoms with Crippen LogP contribution in [-0.4, -0.2) is 25.1 Å². The Hall–Kier alpha value is -0.710. The van der Waals surface area contributed by atoms with Crippen LogP contribution >= 0.6 is 11.3 Å². The van der Waals surface area contributed by atoms with Gasteiger partial charge in [0.25, 0.3) is 0 Å². The maximum Gasteiger partial charge on any atom is 0.184 e. The normalized spacial score (nSPS) is 13.5. The van der Waals surface area contributed by atoms with E-state index >= 15 is 0 Å². The molecule has 14 heavy (non-hydrogen) atoms. The van der Waals surface area contributed by atoms with Crippen LogP contribution in [0.4, 0.5) is 0 Å². The van der Waals surface area contributed by atoms with E-state index in [-0.39, 0.29) is 9.77 Å². The van der Waals surface area contributed by atoms with Crippen LogP contribution in [0.25, 0.3) is 0 Å². The maximum absolute atomic E-state index is 11.1. The first-order valence-corrected chi connectivity index (χ1v) is 7.70. The minimum Gasteiger partial charge on any atom is -0.254 e. The second-order valence-corrected chi connectivity index (χ2v) is 7.47. The van der Waals surface area contributed by atoms with Gasteiger partial charge < -0.3 is 0 Å². The van der Waals surface area contributed by atoms with Gasteiger partial charge in [0.2, 0.25) is 0 Å². The standard InChI is InChI=1S/C7H7NO3S3/c1-13(9)7-5(4-8)3-6(12-7)14(2,10)11/h3H,1-2H3. The van der Waals surface area contributed by atoms with Crippen LogP contribution < -0.4 is 0 Å². The van der Waals surface area contributed by atoms with Crippen molar-refractivity contribution in [2.45, 2.75) is 8.42 Å². The van der Waals surface area contributed by atoms with Crippen molar-refractivity contribution in [3.63, 3.8) is 0 Å². The van der Waals surface area contributed by atoms with Gasteiger partial charge in [-0.05, 0) is 6.07 Å². The van der Waals surface area contributed by atoms with E-state index in [1.54, 1.807) is 0 Å².